The van der Waals surface area contributed by atoms with Crippen molar-refractivity contribution in [2.75, 3.05) is 18.4 Å². The van der Waals surface area contributed by atoms with Crippen molar-refractivity contribution in [2.24, 2.45) is 5.92 Å². The minimum atomic E-state index is -4.53. The number of hydrogen-bond donors (Lipinski definition) is 2. The van der Waals surface area contributed by atoms with Gasteiger partial charge in [0.1, 0.15) is 18.5 Å². The van der Waals surface area contributed by atoms with Gasteiger partial charge >= 0.3 is 6.18 Å². The summed E-state index contributed by atoms with van der Waals surface area (Å²) in [6.45, 7) is -1.55. The third-order valence-corrected chi connectivity index (χ3v) is 5.28. The van der Waals surface area contributed by atoms with Gasteiger partial charge in [0, 0.05) is 17.8 Å². The quantitative estimate of drug-likeness (QED) is 0.754. The van der Waals surface area contributed by atoms with E-state index in [1.807, 2.05) is 18.2 Å². The highest BCUT2D eigenvalue weighted by atomic mass is 19.4. The van der Waals surface area contributed by atoms with Crippen molar-refractivity contribution in [3.05, 3.63) is 54.1 Å². The molecule has 9 heteroatoms. The molecule has 2 N–H and O–H groups in total. The number of likely N-dealkylation sites (tertiary alicyclic amines) is 1. The summed E-state index contributed by atoms with van der Waals surface area (Å²) in [7, 11) is 0. The summed E-state index contributed by atoms with van der Waals surface area (Å²) in [6.07, 6.45) is -4.57. The second kappa shape index (κ2) is 7.47. The first-order valence-corrected chi connectivity index (χ1v) is 9.40. The number of amides is 3. The van der Waals surface area contributed by atoms with E-state index in [9.17, 15) is 27.6 Å². The fourth-order valence-corrected chi connectivity index (χ4v) is 3.91. The monoisotopic (exact) mass is 417 g/mol. The largest absolute Gasteiger partial charge is 0.406 e. The molecule has 2 aromatic rings. The Morgan fingerprint density at radius 2 is 1.73 bits per heavy atom. The topological polar surface area (TPSA) is 78.5 Å². The predicted octanol–water partition coefficient (Wildman–Crippen LogP) is 2.87. The Labute approximate surface area is 170 Å². The molecule has 1 fully saturated rings. The van der Waals surface area contributed by atoms with Crippen LogP contribution in [0, 0.1) is 5.92 Å². The lowest BCUT2D eigenvalue weighted by molar-refractivity contribution is -0.159. The first kappa shape index (κ1) is 19.9. The van der Waals surface area contributed by atoms with Gasteiger partial charge in [0.05, 0.1) is 0 Å². The lowest BCUT2D eigenvalue weighted by atomic mass is 9.95. The number of hydrogen-bond acceptors (Lipinski definition) is 3. The van der Waals surface area contributed by atoms with Gasteiger partial charge in [-0.1, -0.05) is 42.5 Å². The van der Waals surface area contributed by atoms with Gasteiger partial charge in [-0.25, -0.2) is 0 Å². The molecule has 3 amide bonds. The first-order chi connectivity index (χ1) is 14.2. The second-order valence-corrected chi connectivity index (χ2v) is 7.28. The van der Waals surface area contributed by atoms with Gasteiger partial charge in [-0.05, 0) is 23.6 Å². The third-order valence-electron chi connectivity index (χ3n) is 5.28. The Bertz CT molecular complexity index is 1020. The number of carbonyl (C=O) groups excluding carboxylic acids is 3. The average molecular weight is 417 g/mol. The van der Waals surface area contributed by atoms with Crippen molar-refractivity contribution in [1.82, 2.24) is 10.2 Å². The van der Waals surface area contributed by atoms with E-state index < -0.39 is 42.4 Å². The smallest absolute Gasteiger partial charge is 0.340 e. The summed E-state index contributed by atoms with van der Waals surface area (Å²) in [5.41, 5.74) is 2.66. The van der Waals surface area contributed by atoms with E-state index >= 15 is 0 Å². The van der Waals surface area contributed by atoms with E-state index in [1.165, 1.54) is 0 Å². The number of nitrogens with one attached hydrogen (secondary N) is 2. The molecule has 0 saturated carbocycles. The molecular weight excluding hydrogens is 399 g/mol. The molecule has 30 heavy (non-hydrogen) atoms. The zero-order valence-corrected chi connectivity index (χ0v) is 15.7. The molecule has 6 nitrogen and oxygen atoms in total. The van der Waals surface area contributed by atoms with Crippen LogP contribution in [0.3, 0.4) is 0 Å². The minimum Gasteiger partial charge on any atom is -0.340 e. The summed E-state index contributed by atoms with van der Waals surface area (Å²) in [5, 5.41) is 5.34. The molecule has 4 rings (SSSR count). The van der Waals surface area contributed by atoms with Crippen LogP contribution in [-0.4, -0.2) is 41.9 Å². The molecular formula is C21H18F3N3O3. The van der Waals surface area contributed by atoms with Gasteiger partial charge in [0.15, 0.2) is 0 Å². The lowest BCUT2D eigenvalue weighted by Crippen LogP contribution is -2.43. The van der Waals surface area contributed by atoms with Gasteiger partial charge in [-0.2, -0.15) is 13.2 Å². The van der Waals surface area contributed by atoms with E-state index in [2.05, 4.69) is 10.6 Å². The van der Waals surface area contributed by atoms with Crippen molar-refractivity contribution in [1.29, 1.82) is 0 Å². The highest BCUT2D eigenvalue weighted by Crippen LogP contribution is 2.37. The predicted molar refractivity (Wildman–Crippen MR) is 102 cm³/mol. The number of benzene rings is 2. The van der Waals surface area contributed by atoms with E-state index in [1.54, 1.807) is 30.3 Å². The van der Waals surface area contributed by atoms with Crippen LogP contribution in [0.4, 0.5) is 18.9 Å². The fourth-order valence-electron chi connectivity index (χ4n) is 3.91. The molecule has 1 unspecified atom stereocenters. The molecule has 0 aromatic heterocycles. The maximum absolute atomic E-state index is 12.9. The van der Waals surface area contributed by atoms with Crippen LogP contribution in [0.5, 0.6) is 0 Å². The van der Waals surface area contributed by atoms with E-state index in [0.717, 1.165) is 11.1 Å². The van der Waals surface area contributed by atoms with Crippen molar-refractivity contribution in [3.63, 3.8) is 0 Å². The Hall–Kier alpha value is -3.36. The van der Waals surface area contributed by atoms with Crippen LogP contribution < -0.4 is 10.6 Å². The maximum atomic E-state index is 12.9. The molecule has 2 aliphatic rings. The Morgan fingerprint density at radius 1 is 1.07 bits per heavy atom. The number of para-hydroxylation sites is 1. The summed E-state index contributed by atoms with van der Waals surface area (Å²) < 4.78 is 37.9. The maximum Gasteiger partial charge on any atom is 0.406 e. The molecule has 2 atom stereocenters. The fraction of sp³-hybridized carbons (Fsp3) is 0.286. The van der Waals surface area contributed by atoms with Crippen LogP contribution in [0.2, 0.25) is 0 Å². The molecule has 0 radical (unpaired) electrons. The van der Waals surface area contributed by atoms with Gasteiger partial charge in [-0.15, -0.1) is 0 Å². The van der Waals surface area contributed by atoms with Gasteiger partial charge in [0.25, 0.3) is 5.91 Å². The van der Waals surface area contributed by atoms with Crippen molar-refractivity contribution in [3.8, 4) is 11.1 Å². The number of carbonyl (C=O) groups is 3. The van der Waals surface area contributed by atoms with Crippen LogP contribution in [0.25, 0.3) is 11.1 Å². The number of halogens is 3. The number of nitrogens with zero attached hydrogens (tertiary/aromatic N) is 1. The molecule has 0 spiro atoms. The lowest BCUT2D eigenvalue weighted by Gasteiger charge is -2.21. The SMILES string of the molecule is O=C(N[C@@H]1C(=O)Nc2ccccc2-c2ccccc21)C1CCN(CC(F)(F)F)C1=O. The minimum absolute atomic E-state index is 0.0308. The summed E-state index contributed by atoms with van der Waals surface area (Å²) in [6, 6.07) is 13.2. The van der Waals surface area contributed by atoms with E-state index in [0.29, 0.717) is 16.2 Å². The molecule has 2 aromatic carbocycles. The van der Waals surface area contributed by atoms with Crippen molar-refractivity contribution >= 4 is 23.4 Å². The van der Waals surface area contributed by atoms with Gasteiger partial charge in [0.2, 0.25) is 11.8 Å². The molecule has 2 aliphatic heterocycles. The van der Waals surface area contributed by atoms with Gasteiger partial charge in [-0.3, -0.25) is 14.4 Å². The zero-order chi connectivity index (χ0) is 21.5. The first-order valence-electron chi connectivity index (χ1n) is 9.40. The number of anilines is 1. The zero-order valence-electron chi connectivity index (χ0n) is 15.7. The summed E-state index contributed by atoms with van der Waals surface area (Å²) in [4.78, 5) is 38.5. The van der Waals surface area contributed by atoms with Crippen molar-refractivity contribution < 1.29 is 27.6 Å². The van der Waals surface area contributed by atoms with Crippen LogP contribution in [0.15, 0.2) is 48.5 Å². The molecule has 1 saturated heterocycles. The number of fused-ring (bicyclic) bond motifs is 3. The van der Waals surface area contributed by atoms with Gasteiger partial charge < -0.3 is 15.5 Å². The van der Waals surface area contributed by atoms with E-state index in [-0.39, 0.29) is 13.0 Å². The Morgan fingerprint density at radius 3 is 2.47 bits per heavy atom. The summed E-state index contributed by atoms with van der Waals surface area (Å²) in [5.74, 6) is -3.38. The highest BCUT2D eigenvalue weighted by molar-refractivity contribution is 6.07. The normalized spacial score (nSPS) is 20.8. The number of rotatable bonds is 3. The van der Waals surface area contributed by atoms with Crippen LogP contribution >= 0.6 is 0 Å². The molecule has 0 bridgehead atoms. The molecule has 2 heterocycles. The Balaban J connectivity index is 1.59. The molecule has 156 valence electrons. The second-order valence-electron chi connectivity index (χ2n) is 7.28. The summed E-state index contributed by atoms with van der Waals surface area (Å²) >= 11 is 0. The standard InChI is InChI=1S/C21H18F3N3O3/c22-21(23,24)11-27-10-9-15(20(27)30)18(28)26-17-14-7-2-1-5-12(14)13-6-3-4-8-16(13)25-19(17)29/h1-8,15,17H,9-11H2,(H,25,29)(H,26,28)/t15?,17-/m0/s1. The average Bonchev–Trinajstić information content (AvgIpc) is 2.99. The highest BCUT2D eigenvalue weighted by Gasteiger charge is 2.43. The number of alkyl halides is 3. The van der Waals surface area contributed by atoms with Crippen molar-refractivity contribution in [2.45, 2.75) is 18.6 Å². The van der Waals surface area contributed by atoms with Crippen LogP contribution in [0.1, 0.15) is 18.0 Å². The third kappa shape index (κ3) is 3.74. The van der Waals surface area contributed by atoms with E-state index in [4.69, 9.17) is 0 Å². The van der Waals surface area contributed by atoms with Crippen LogP contribution in [-0.2, 0) is 14.4 Å². The Kier molecular flexibility index (Phi) is 4.97. The molecule has 0 aliphatic carbocycles.